The van der Waals surface area contributed by atoms with E-state index in [9.17, 15) is 24.5 Å². The van der Waals surface area contributed by atoms with E-state index in [1.165, 1.54) is 18.2 Å². The van der Waals surface area contributed by atoms with Crippen LogP contribution in [0.3, 0.4) is 0 Å². The molecule has 0 atom stereocenters. The topological polar surface area (TPSA) is 138 Å². The highest BCUT2D eigenvalue weighted by atomic mass is 32.1. The summed E-state index contributed by atoms with van der Waals surface area (Å²) in [5.74, 6) is -1.21. The first-order chi connectivity index (χ1) is 16.5. The van der Waals surface area contributed by atoms with Crippen LogP contribution in [0.15, 0.2) is 42.0 Å². The fourth-order valence-corrected chi connectivity index (χ4v) is 4.70. The summed E-state index contributed by atoms with van der Waals surface area (Å²) in [7, 11) is 0. The van der Waals surface area contributed by atoms with Gasteiger partial charge in [-0.1, -0.05) is 18.6 Å². The SMILES string of the molecule is O=C(CCCCCN1C(=O)c2cccc([N+](=O)[O-])c2C1=O)NCCc1[nH]cnc1-c1cccs1. The van der Waals surface area contributed by atoms with Crippen molar-refractivity contribution < 1.29 is 19.3 Å². The van der Waals surface area contributed by atoms with Crippen LogP contribution in [0.2, 0.25) is 0 Å². The fourth-order valence-electron chi connectivity index (χ4n) is 3.96. The molecular weight excluding hydrogens is 458 g/mol. The highest BCUT2D eigenvalue weighted by Gasteiger charge is 2.40. The monoisotopic (exact) mass is 481 g/mol. The van der Waals surface area contributed by atoms with Crippen LogP contribution < -0.4 is 5.32 Å². The summed E-state index contributed by atoms with van der Waals surface area (Å²) in [6.07, 6.45) is 4.41. The number of nitro benzene ring substituents is 1. The number of benzene rings is 1. The van der Waals surface area contributed by atoms with Gasteiger partial charge in [-0.2, -0.15) is 0 Å². The number of nitro groups is 1. The number of carbonyl (C=O) groups excluding carboxylic acids is 3. The minimum atomic E-state index is -0.651. The lowest BCUT2D eigenvalue weighted by Crippen LogP contribution is -2.31. The van der Waals surface area contributed by atoms with E-state index in [1.54, 1.807) is 17.7 Å². The molecule has 0 fully saturated rings. The predicted octanol–water partition coefficient (Wildman–Crippen LogP) is 3.56. The molecule has 2 N–H and O–H groups in total. The van der Waals surface area contributed by atoms with Gasteiger partial charge in [0.15, 0.2) is 0 Å². The van der Waals surface area contributed by atoms with Crippen LogP contribution >= 0.6 is 11.3 Å². The van der Waals surface area contributed by atoms with Gasteiger partial charge in [0, 0.05) is 37.7 Å². The highest BCUT2D eigenvalue weighted by Crippen LogP contribution is 2.31. The van der Waals surface area contributed by atoms with Gasteiger partial charge in [0.25, 0.3) is 17.5 Å². The normalized spacial score (nSPS) is 12.8. The Bertz CT molecular complexity index is 1220. The molecule has 1 aromatic carbocycles. The van der Waals surface area contributed by atoms with Crippen LogP contribution in [0, 0.1) is 10.1 Å². The maximum Gasteiger partial charge on any atom is 0.282 e. The number of aromatic amines is 1. The van der Waals surface area contributed by atoms with Gasteiger partial charge in [-0.3, -0.25) is 29.4 Å². The smallest absolute Gasteiger partial charge is 0.282 e. The van der Waals surface area contributed by atoms with Crippen molar-refractivity contribution in [2.24, 2.45) is 0 Å². The molecule has 11 heteroatoms. The molecule has 4 rings (SSSR count). The van der Waals surface area contributed by atoms with Gasteiger partial charge in [-0.25, -0.2) is 4.98 Å². The second kappa shape index (κ2) is 10.4. The minimum absolute atomic E-state index is 0.0615. The zero-order valence-corrected chi connectivity index (χ0v) is 19.1. The predicted molar refractivity (Wildman–Crippen MR) is 126 cm³/mol. The number of nitrogens with zero attached hydrogens (tertiary/aromatic N) is 3. The highest BCUT2D eigenvalue weighted by molar-refractivity contribution is 7.13. The van der Waals surface area contributed by atoms with Crippen LogP contribution in [0.5, 0.6) is 0 Å². The van der Waals surface area contributed by atoms with E-state index in [-0.39, 0.29) is 29.3 Å². The van der Waals surface area contributed by atoms with Crippen molar-refractivity contribution in [3.05, 3.63) is 69.0 Å². The van der Waals surface area contributed by atoms with Crippen molar-refractivity contribution in [3.63, 3.8) is 0 Å². The molecule has 34 heavy (non-hydrogen) atoms. The third-order valence-corrected chi connectivity index (χ3v) is 6.51. The minimum Gasteiger partial charge on any atom is -0.356 e. The molecule has 0 radical (unpaired) electrons. The van der Waals surface area contributed by atoms with Gasteiger partial charge in [-0.15, -0.1) is 11.3 Å². The number of fused-ring (bicyclic) bond motifs is 1. The Hall–Kier alpha value is -3.86. The van der Waals surface area contributed by atoms with Crippen molar-refractivity contribution in [2.45, 2.75) is 32.1 Å². The van der Waals surface area contributed by atoms with Crippen LogP contribution in [0.4, 0.5) is 5.69 Å². The van der Waals surface area contributed by atoms with Crippen molar-refractivity contribution >= 4 is 34.7 Å². The van der Waals surface area contributed by atoms with E-state index >= 15 is 0 Å². The number of amides is 3. The number of carbonyl (C=O) groups is 3. The lowest BCUT2D eigenvalue weighted by molar-refractivity contribution is -0.385. The molecule has 1 aliphatic rings. The van der Waals surface area contributed by atoms with Gasteiger partial charge in [-0.05, 0) is 30.4 Å². The Morgan fingerprint density at radius 3 is 2.76 bits per heavy atom. The van der Waals surface area contributed by atoms with E-state index in [2.05, 4.69) is 15.3 Å². The Labute approximate surface area is 199 Å². The van der Waals surface area contributed by atoms with Gasteiger partial charge < -0.3 is 10.3 Å². The largest absolute Gasteiger partial charge is 0.356 e. The van der Waals surface area contributed by atoms with E-state index in [0.717, 1.165) is 21.2 Å². The van der Waals surface area contributed by atoms with Crippen molar-refractivity contribution in [1.82, 2.24) is 20.2 Å². The summed E-state index contributed by atoms with van der Waals surface area (Å²) in [6.45, 7) is 0.656. The molecule has 0 unspecified atom stereocenters. The molecule has 3 aromatic rings. The summed E-state index contributed by atoms with van der Waals surface area (Å²) in [4.78, 5) is 57.3. The number of hydrogen-bond acceptors (Lipinski definition) is 7. The number of imidazole rings is 1. The van der Waals surface area contributed by atoms with Crippen LogP contribution in [-0.2, 0) is 11.2 Å². The molecule has 0 bridgehead atoms. The molecule has 2 aromatic heterocycles. The third kappa shape index (κ3) is 4.88. The number of aromatic nitrogens is 2. The number of nitrogens with one attached hydrogen (secondary N) is 2. The van der Waals surface area contributed by atoms with Gasteiger partial charge in [0.05, 0.1) is 21.7 Å². The molecule has 176 valence electrons. The average Bonchev–Trinajstić information content (AvgIpc) is 3.56. The van der Waals surface area contributed by atoms with E-state index in [4.69, 9.17) is 0 Å². The van der Waals surface area contributed by atoms with Gasteiger partial charge >= 0.3 is 0 Å². The van der Waals surface area contributed by atoms with Gasteiger partial charge in [0.1, 0.15) is 11.3 Å². The molecule has 0 aliphatic carbocycles. The summed E-state index contributed by atoms with van der Waals surface area (Å²) < 4.78 is 0. The first-order valence-corrected chi connectivity index (χ1v) is 11.8. The molecule has 0 spiro atoms. The van der Waals surface area contributed by atoms with Crippen molar-refractivity contribution in [3.8, 4) is 10.6 Å². The molecular formula is C23H23N5O5S. The number of imide groups is 1. The first-order valence-electron chi connectivity index (χ1n) is 10.9. The van der Waals surface area contributed by atoms with E-state index in [0.29, 0.717) is 38.6 Å². The zero-order valence-electron chi connectivity index (χ0n) is 18.3. The van der Waals surface area contributed by atoms with E-state index < -0.39 is 16.7 Å². The number of thiophene rings is 1. The van der Waals surface area contributed by atoms with Crippen molar-refractivity contribution in [1.29, 1.82) is 0 Å². The number of hydrogen-bond donors (Lipinski definition) is 2. The van der Waals surface area contributed by atoms with Crippen LogP contribution in [0.25, 0.3) is 10.6 Å². The Balaban J connectivity index is 1.17. The second-order valence-electron chi connectivity index (χ2n) is 7.84. The Morgan fingerprint density at radius 2 is 2.00 bits per heavy atom. The maximum atomic E-state index is 12.5. The molecule has 1 aliphatic heterocycles. The maximum absolute atomic E-state index is 12.5. The number of rotatable bonds is 11. The van der Waals surface area contributed by atoms with Crippen LogP contribution in [-0.4, -0.2) is 50.6 Å². The standard InChI is InChI=1S/C23H23N5O5S/c29-19(24-11-10-16-21(26-14-25-16)18-8-5-13-34-18)9-2-1-3-12-27-22(30)15-6-4-7-17(28(32)33)20(15)23(27)31/h4-8,13-14H,1-3,9-12H2,(H,24,29)(H,25,26). The zero-order chi connectivity index (χ0) is 24.1. The van der Waals surface area contributed by atoms with Crippen LogP contribution in [0.1, 0.15) is 52.1 Å². The average molecular weight is 482 g/mol. The first kappa shape index (κ1) is 23.3. The van der Waals surface area contributed by atoms with Gasteiger partial charge in [0.2, 0.25) is 5.91 Å². The summed E-state index contributed by atoms with van der Waals surface area (Å²) in [5, 5.41) is 16.1. The summed E-state index contributed by atoms with van der Waals surface area (Å²) in [6, 6.07) is 8.03. The Morgan fingerprint density at radius 1 is 1.15 bits per heavy atom. The molecule has 0 saturated carbocycles. The lowest BCUT2D eigenvalue weighted by atomic mass is 10.1. The molecule has 3 heterocycles. The fraction of sp³-hybridized carbons (Fsp3) is 0.304. The second-order valence-corrected chi connectivity index (χ2v) is 8.78. The summed E-state index contributed by atoms with van der Waals surface area (Å²) >= 11 is 1.61. The Kier molecular flexibility index (Phi) is 7.12. The lowest BCUT2D eigenvalue weighted by Gasteiger charge is -2.13. The molecule has 10 nitrogen and oxygen atoms in total. The quantitative estimate of drug-likeness (QED) is 0.186. The molecule has 0 saturated heterocycles. The number of H-pyrrole nitrogens is 1. The third-order valence-electron chi connectivity index (χ3n) is 5.63. The molecule has 3 amide bonds. The van der Waals surface area contributed by atoms with Crippen molar-refractivity contribution in [2.75, 3.05) is 13.1 Å². The summed E-state index contributed by atoms with van der Waals surface area (Å²) in [5.41, 5.74) is 1.45. The van der Waals surface area contributed by atoms with E-state index in [1.807, 2.05) is 17.5 Å². The number of unbranched alkanes of at least 4 members (excludes halogenated alkanes) is 2.